The van der Waals surface area contributed by atoms with Gasteiger partial charge in [0.1, 0.15) is 0 Å². The van der Waals surface area contributed by atoms with Crippen molar-refractivity contribution in [2.45, 2.75) is 25.5 Å². The molecule has 0 amide bonds. The number of hydrogen-bond acceptors (Lipinski definition) is 5. The summed E-state index contributed by atoms with van der Waals surface area (Å²) < 4.78 is 5.39. The fraction of sp³-hybridized carbons (Fsp3) is 0.571. The van der Waals surface area contributed by atoms with E-state index in [1.807, 2.05) is 0 Å². The quantitative estimate of drug-likeness (QED) is 0.528. The van der Waals surface area contributed by atoms with Crippen molar-refractivity contribution in [3.8, 4) is 0 Å². The van der Waals surface area contributed by atoms with E-state index in [4.69, 9.17) is 4.74 Å². The second kappa shape index (κ2) is 7.33. The van der Waals surface area contributed by atoms with Crippen molar-refractivity contribution in [3.63, 3.8) is 0 Å². The molecule has 2 N–H and O–H groups in total. The summed E-state index contributed by atoms with van der Waals surface area (Å²) in [5.41, 5.74) is 0.711. The molecule has 0 radical (unpaired) electrons. The molecule has 1 fully saturated rings. The topological polar surface area (TPSA) is 84.6 Å². The van der Waals surface area contributed by atoms with Gasteiger partial charge in [0, 0.05) is 31.3 Å². The third-order valence-electron chi connectivity index (χ3n) is 3.24. The second-order valence-corrected chi connectivity index (χ2v) is 5.15. The molecule has 20 heavy (non-hydrogen) atoms. The molecule has 0 spiro atoms. The molecule has 6 nitrogen and oxygen atoms in total. The first-order valence-electron chi connectivity index (χ1n) is 6.85. The highest BCUT2D eigenvalue weighted by Crippen LogP contribution is 2.28. The number of nitrogens with one attached hydrogen (secondary N) is 1. The van der Waals surface area contributed by atoms with E-state index in [1.54, 1.807) is 18.2 Å². The van der Waals surface area contributed by atoms with E-state index in [0.29, 0.717) is 31.2 Å². The van der Waals surface area contributed by atoms with Crippen LogP contribution in [0.15, 0.2) is 24.3 Å². The maximum Gasteiger partial charge on any atom is 0.273 e. The van der Waals surface area contributed by atoms with Crippen molar-refractivity contribution in [2.75, 3.05) is 19.8 Å². The van der Waals surface area contributed by atoms with Crippen molar-refractivity contribution >= 4 is 5.69 Å². The van der Waals surface area contributed by atoms with Crippen LogP contribution in [0, 0.1) is 16.0 Å². The van der Waals surface area contributed by atoms with Crippen molar-refractivity contribution in [1.82, 2.24) is 5.32 Å². The number of nitro benzene ring substituents is 1. The first-order valence-corrected chi connectivity index (χ1v) is 6.85. The van der Waals surface area contributed by atoms with Gasteiger partial charge < -0.3 is 15.2 Å². The van der Waals surface area contributed by atoms with E-state index in [9.17, 15) is 15.2 Å². The van der Waals surface area contributed by atoms with Crippen LogP contribution in [0.2, 0.25) is 0 Å². The zero-order valence-electron chi connectivity index (χ0n) is 11.3. The van der Waals surface area contributed by atoms with Crippen molar-refractivity contribution in [2.24, 2.45) is 5.92 Å². The van der Waals surface area contributed by atoms with Gasteiger partial charge in [-0.15, -0.1) is 0 Å². The van der Waals surface area contributed by atoms with E-state index in [1.165, 1.54) is 18.9 Å². The molecule has 0 aromatic heterocycles. The van der Waals surface area contributed by atoms with Gasteiger partial charge >= 0.3 is 0 Å². The molecule has 110 valence electrons. The maximum atomic E-state index is 10.8. The SMILES string of the molecule is O=[N+]([O-])c1ccccc1CNCC(O)COCC1CC1. The minimum atomic E-state index is -0.587. The molecule has 0 aliphatic heterocycles. The Hall–Kier alpha value is -1.50. The minimum Gasteiger partial charge on any atom is -0.389 e. The van der Waals surface area contributed by atoms with Crippen LogP contribution < -0.4 is 5.32 Å². The van der Waals surface area contributed by atoms with E-state index in [2.05, 4.69) is 5.32 Å². The highest BCUT2D eigenvalue weighted by molar-refractivity contribution is 5.39. The van der Waals surface area contributed by atoms with Crippen LogP contribution in [0.5, 0.6) is 0 Å². The Kier molecular flexibility index (Phi) is 5.46. The molecule has 1 aromatic rings. The molecule has 2 rings (SSSR count). The lowest BCUT2D eigenvalue weighted by molar-refractivity contribution is -0.385. The Labute approximate surface area is 117 Å². The third kappa shape index (κ3) is 4.88. The highest BCUT2D eigenvalue weighted by atomic mass is 16.6. The molecule has 1 aliphatic carbocycles. The van der Waals surface area contributed by atoms with Gasteiger partial charge in [-0.1, -0.05) is 18.2 Å². The summed E-state index contributed by atoms with van der Waals surface area (Å²) in [6.07, 6.45) is 1.87. The van der Waals surface area contributed by atoms with Gasteiger partial charge in [0.2, 0.25) is 0 Å². The molecule has 1 atom stereocenters. The number of rotatable bonds is 9. The van der Waals surface area contributed by atoms with E-state index < -0.39 is 11.0 Å². The fourth-order valence-corrected chi connectivity index (χ4v) is 1.93. The number of aliphatic hydroxyl groups excluding tert-OH is 1. The molecular formula is C14H20N2O4. The summed E-state index contributed by atoms with van der Waals surface area (Å²) in [5.74, 6) is 0.683. The molecule has 0 bridgehead atoms. The second-order valence-electron chi connectivity index (χ2n) is 5.15. The third-order valence-corrected chi connectivity index (χ3v) is 3.24. The van der Waals surface area contributed by atoms with Crippen LogP contribution in [-0.2, 0) is 11.3 Å². The summed E-state index contributed by atoms with van der Waals surface area (Å²) >= 11 is 0. The largest absolute Gasteiger partial charge is 0.389 e. The predicted molar refractivity (Wildman–Crippen MR) is 74.4 cm³/mol. The van der Waals surface area contributed by atoms with Gasteiger partial charge in [-0.05, 0) is 18.8 Å². The summed E-state index contributed by atoms with van der Waals surface area (Å²) in [5, 5.41) is 23.6. The molecule has 0 heterocycles. The van der Waals surface area contributed by atoms with Crippen molar-refractivity contribution in [3.05, 3.63) is 39.9 Å². The lowest BCUT2D eigenvalue weighted by Gasteiger charge is -2.12. The number of hydrogen-bond donors (Lipinski definition) is 2. The normalized spacial score (nSPS) is 16.1. The van der Waals surface area contributed by atoms with Crippen LogP contribution >= 0.6 is 0 Å². The van der Waals surface area contributed by atoms with Gasteiger partial charge in [0.05, 0.1) is 17.6 Å². The first-order chi connectivity index (χ1) is 9.66. The zero-order chi connectivity index (χ0) is 14.4. The maximum absolute atomic E-state index is 10.8. The van der Waals surface area contributed by atoms with Crippen LogP contribution in [0.1, 0.15) is 18.4 Å². The van der Waals surface area contributed by atoms with Crippen molar-refractivity contribution in [1.29, 1.82) is 0 Å². The van der Waals surface area contributed by atoms with E-state index >= 15 is 0 Å². The lowest BCUT2D eigenvalue weighted by Crippen LogP contribution is -2.30. The Morgan fingerprint density at radius 3 is 2.90 bits per heavy atom. The molecule has 1 saturated carbocycles. The standard InChI is InChI=1S/C14H20N2O4/c17-13(10-20-9-11-5-6-11)8-15-7-12-3-1-2-4-14(12)16(18)19/h1-4,11,13,15,17H,5-10H2. The summed E-state index contributed by atoms with van der Waals surface area (Å²) in [7, 11) is 0. The van der Waals surface area contributed by atoms with Crippen molar-refractivity contribution < 1.29 is 14.8 Å². The van der Waals surface area contributed by atoms with Gasteiger partial charge in [-0.3, -0.25) is 10.1 Å². The summed E-state index contributed by atoms with van der Waals surface area (Å²) in [6, 6.07) is 6.59. The molecule has 6 heteroatoms. The highest BCUT2D eigenvalue weighted by Gasteiger charge is 2.21. The lowest BCUT2D eigenvalue weighted by atomic mass is 10.2. The molecule has 0 saturated heterocycles. The number of aliphatic hydroxyl groups is 1. The Bertz CT molecular complexity index is 449. The van der Waals surface area contributed by atoms with Crippen LogP contribution in [0.3, 0.4) is 0 Å². The molecule has 1 unspecified atom stereocenters. The number of ether oxygens (including phenoxy) is 1. The van der Waals surface area contributed by atoms with Crippen LogP contribution in [0.25, 0.3) is 0 Å². The zero-order valence-corrected chi connectivity index (χ0v) is 11.3. The van der Waals surface area contributed by atoms with E-state index in [0.717, 1.165) is 6.61 Å². The smallest absolute Gasteiger partial charge is 0.273 e. The fourth-order valence-electron chi connectivity index (χ4n) is 1.93. The average molecular weight is 280 g/mol. The van der Waals surface area contributed by atoms with Gasteiger partial charge in [0.15, 0.2) is 0 Å². The number of para-hydroxylation sites is 1. The first kappa shape index (κ1) is 14.9. The number of benzene rings is 1. The average Bonchev–Trinajstić information content (AvgIpc) is 3.23. The molecule has 1 aliphatic rings. The monoisotopic (exact) mass is 280 g/mol. The number of nitrogens with zero attached hydrogens (tertiary/aromatic N) is 1. The van der Waals surface area contributed by atoms with E-state index in [-0.39, 0.29) is 5.69 Å². The molecular weight excluding hydrogens is 260 g/mol. The van der Waals surface area contributed by atoms with Gasteiger partial charge in [-0.2, -0.15) is 0 Å². The molecule has 1 aromatic carbocycles. The van der Waals surface area contributed by atoms with Gasteiger partial charge in [0.25, 0.3) is 5.69 Å². The Morgan fingerprint density at radius 2 is 2.20 bits per heavy atom. The summed E-state index contributed by atoms with van der Waals surface area (Å²) in [6.45, 7) is 1.75. The number of nitro groups is 1. The van der Waals surface area contributed by atoms with Gasteiger partial charge in [-0.25, -0.2) is 0 Å². The Morgan fingerprint density at radius 1 is 1.45 bits per heavy atom. The predicted octanol–water partition coefficient (Wildman–Crippen LogP) is 1.47. The summed E-state index contributed by atoms with van der Waals surface area (Å²) in [4.78, 5) is 10.4. The van der Waals surface area contributed by atoms with Crippen LogP contribution in [-0.4, -0.2) is 35.9 Å². The Balaban J connectivity index is 1.67. The minimum absolute atomic E-state index is 0.0967. The van der Waals surface area contributed by atoms with Crippen LogP contribution in [0.4, 0.5) is 5.69 Å².